The van der Waals surface area contributed by atoms with E-state index in [-0.39, 0.29) is 0 Å². The van der Waals surface area contributed by atoms with Gasteiger partial charge in [-0.15, -0.1) is 0 Å². The van der Waals surface area contributed by atoms with Crippen LogP contribution in [0.4, 0.5) is 0 Å². The van der Waals surface area contributed by atoms with Crippen LogP contribution in [0, 0.1) is 0 Å². The summed E-state index contributed by atoms with van der Waals surface area (Å²) in [5.41, 5.74) is 42.0. The number of hydrogen-bond donors (Lipinski definition) is 0. The summed E-state index contributed by atoms with van der Waals surface area (Å²) >= 11 is 0. The first-order valence-corrected chi connectivity index (χ1v) is 50.0. The average molecular weight is 1870 g/mol. The van der Waals surface area contributed by atoms with Gasteiger partial charge in [0.25, 0.3) is 0 Å². The lowest BCUT2D eigenvalue weighted by molar-refractivity contribution is 0.669. The first-order valence-electron chi connectivity index (χ1n) is 50.0. The Morgan fingerprint density at radius 1 is 0.163 bits per heavy atom. The van der Waals surface area contributed by atoms with Crippen molar-refractivity contribution in [2.45, 2.75) is 0 Å². The fraction of sp³-hybridized carbons (Fsp3) is 0.00752. The van der Waals surface area contributed by atoms with Gasteiger partial charge in [0.05, 0.1) is 99.3 Å². The van der Waals surface area contributed by atoms with Crippen molar-refractivity contribution in [1.29, 1.82) is 0 Å². The van der Waals surface area contributed by atoms with E-state index in [0.29, 0.717) is 0 Å². The lowest BCUT2D eigenvalue weighted by Gasteiger charge is -2.11. The van der Waals surface area contributed by atoms with E-state index >= 15 is 0 Å². The van der Waals surface area contributed by atoms with Gasteiger partial charge in [0, 0.05) is 137 Å². The number of rotatable bonds is 7. The molecule has 0 bridgehead atoms. The second-order valence-electron chi connectivity index (χ2n) is 39.2. The molecule has 0 unspecified atom stereocenters. The Bertz CT molecular complexity index is 11900. The van der Waals surface area contributed by atoms with Gasteiger partial charge in [0.2, 0.25) is 0 Å². The first kappa shape index (κ1) is 79.8. The van der Waals surface area contributed by atoms with Gasteiger partial charge in [-0.3, -0.25) is 13.2 Å². The number of hydrogen-bond acceptors (Lipinski definition) is 7. The molecule has 0 spiro atoms. The summed E-state index contributed by atoms with van der Waals surface area (Å²) in [7, 11) is 2.15. The number of benzene rings is 21. The molecule has 147 heavy (non-hydrogen) atoms. The zero-order valence-electron chi connectivity index (χ0n) is 78.9. The van der Waals surface area contributed by atoms with Crippen molar-refractivity contribution in [3.05, 3.63) is 449 Å². The highest BCUT2D eigenvalue weighted by Gasteiger charge is 2.30. The molecule has 35 rings (SSSR count). The molecule has 0 radical (unpaired) electrons. The van der Waals surface area contributed by atoms with Gasteiger partial charge in [-0.2, -0.15) is 0 Å². The Hall–Kier alpha value is -20.0. The standard InChI is InChI=1S/C45H27N5.C44H24N4O.C44H26N4/c1-48-38-17-9-5-13-29(38)31-21-26(19-20-39(31)48)27-22-34-33-24-32-30-14-6-10-18-40(30)49(28-11-3-2-4-12-28)41(32)25-42(33)50-44(34)35(23-27)43-45(50)47-37-16-8-7-15-36(37)46-43;1-2-10-27(11-3-1)47-37-16-8-4-12-28(37)30-23-31-33-21-26(25-18-19-41-32(20-25)29-13-5-9-17-40(29)49-41)22-34-42-44(46-36-15-7-6-14-35(36)45-42)48(43(33)34)39(31)24-38(30)47;1-3-11-27(12-4-1)29-15-9-16-31(23-29)47-39-24-30(28-13-5-2-6-14-28)21-22-32(39)35-25-36-33-17-10-18-34-42-44(46-38-20-8-7-19-37(38)45-42)48(43(33)34)41(36)26-40(35)47/h2-25H,1H3;1-24H;1-26H. The summed E-state index contributed by atoms with van der Waals surface area (Å²) < 4.78 is 22.7. The van der Waals surface area contributed by atoms with E-state index in [1.807, 2.05) is 54.6 Å². The molecule has 0 fully saturated rings. The third kappa shape index (κ3) is 11.4. The molecule has 21 aromatic carbocycles. The van der Waals surface area contributed by atoms with Crippen LogP contribution in [-0.2, 0) is 7.05 Å². The zero-order chi connectivity index (χ0) is 95.8. The highest BCUT2D eigenvalue weighted by Crippen LogP contribution is 2.51. The van der Waals surface area contributed by atoms with Crippen LogP contribution in [-0.4, -0.2) is 61.4 Å². The molecular formula is C133H77N13O. The van der Waals surface area contributed by atoms with Crippen molar-refractivity contribution in [2.24, 2.45) is 7.05 Å². The van der Waals surface area contributed by atoms with E-state index < -0.39 is 0 Å². The quantitative estimate of drug-likeness (QED) is 0.156. The molecule has 0 aliphatic rings. The van der Waals surface area contributed by atoms with Crippen LogP contribution in [0.3, 0.4) is 0 Å². The number of furan rings is 1. The SMILES string of the molecule is Cn1c2ccccc2c2cc(-c3cc4c5cc6c7ccccc7n(-c7ccccc7)c6cc5n5c6nc7ccccc7nc6c(c3)c45)ccc21.c1ccc(-c2cccc(-n3c4cc(-c5ccccc5)ccc4c4cc5c6cccc7c8nc9ccccc9nc8n(c5cc43)c67)c2)cc1.c1ccc(-n2c3ccccc3c3cc4c5cc(-c6ccc7oc8ccccc8c7c6)cc6c7nc8ccccc8nc7n(c4cc32)c56)cc1. The molecule has 680 valence electrons. The van der Waals surface area contributed by atoms with E-state index in [1.165, 1.54) is 158 Å². The summed E-state index contributed by atoms with van der Waals surface area (Å²) in [5.74, 6) is 0. The van der Waals surface area contributed by atoms with Gasteiger partial charge in [-0.1, -0.05) is 261 Å². The summed E-state index contributed by atoms with van der Waals surface area (Å²) in [5, 5.41) is 22.9. The maximum absolute atomic E-state index is 6.19. The molecule has 0 saturated carbocycles. The van der Waals surface area contributed by atoms with E-state index in [0.717, 1.165) is 160 Å². The molecule has 0 atom stereocenters. The first-order chi connectivity index (χ1) is 72.8. The van der Waals surface area contributed by atoms with Gasteiger partial charge >= 0.3 is 0 Å². The highest BCUT2D eigenvalue weighted by atomic mass is 16.3. The van der Waals surface area contributed by atoms with Crippen molar-refractivity contribution >= 4 is 257 Å². The maximum atomic E-state index is 6.19. The number of para-hydroxylation sites is 13. The summed E-state index contributed by atoms with van der Waals surface area (Å²) in [6.07, 6.45) is 0. The van der Waals surface area contributed by atoms with E-state index in [4.69, 9.17) is 34.3 Å². The van der Waals surface area contributed by atoms with Crippen LogP contribution < -0.4 is 0 Å². The Kier molecular flexibility index (Phi) is 16.3. The van der Waals surface area contributed by atoms with Crippen molar-refractivity contribution in [1.82, 2.24) is 61.4 Å². The van der Waals surface area contributed by atoms with Crippen LogP contribution in [0.25, 0.3) is 319 Å². The minimum atomic E-state index is 0.879. The van der Waals surface area contributed by atoms with Crippen molar-refractivity contribution in [2.75, 3.05) is 0 Å². The van der Waals surface area contributed by atoms with Gasteiger partial charge in [0.15, 0.2) is 16.9 Å². The van der Waals surface area contributed by atoms with Crippen molar-refractivity contribution < 1.29 is 4.42 Å². The molecule has 14 heteroatoms. The predicted octanol–water partition coefficient (Wildman–Crippen LogP) is 33.8. The van der Waals surface area contributed by atoms with Gasteiger partial charge in [-0.05, 0) is 233 Å². The number of nitrogens with zero attached hydrogens (tertiary/aromatic N) is 13. The van der Waals surface area contributed by atoms with Gasteiger partial charge in [-0.25, -0.2) is 29.9 Å². The summed E-state index contributed by atoms with van der Waals surface area (Å²) in [6.45, 7) is 0. The number of aryl methyl sites for hydroxylation is 1. The molecule has 14 aromatic heterocycles. The van der Waals surface area contributed by atoms with Gasteiger partial charge < -0.3 is 22.7 Å². The Morgan fingerprint density at radius 2 is 0.476 bits per heavy atom. The summed E-state index contributed by atoms with van der Waals surface area (Å²) in [4.78, 5) is 31.4. The molecule has 0 N–H and O–H groups in total. The Balaban J connectivity index is 0.0000000962. The largest absolute Gasteiger partial charge is 0.456 e. The minimum Gasteiger partial charge on any atom is -0.456 e. The molecule has 0 saturated heterocycles. The van der Waals surface area contributed by atoms with E-state index in [9.17, 15) is 0 Å². The second kappa shape index (κ2) is 30.1. The van der Waals surface area contributed by atoms with E-state index in [1.54, 1.807) is 0 Å². The lowest BCUT2D eigenvalue weighted by Crippen LogP contribution is -1.95. The fourth-order valence-corrected chi connectivity index (χ4v) is 24.8. The third-order valence-corrected chi connectivity index (χ3v) is 31.3. The summed E-state index contributed by atoms with van der Waals surface area (Å²) in [6, 6.07) is 161. The van der Waals surface area contributed by atoms with Crippen molar-refractivity contribution in [3.63, 3.8) is 0 Å². The lowest BCUT2D eigenvalue weighted by atomic mass is 9.98. The van der Waals surface area contributed by atoms with Crippen LogP contribution in [0.15, 0.2) is 453 Å². The molecule has 14 nitrogen and oxygen atoms in total. The minimum absolute atomic E-state index is 0.879. The molecule has 14 heterocycles. The molecular weight excluding hydrogens is 1800 g/mol. The Morgan fingerprint density at radius 3 is 1.00 bits per heavy atom. The van der Waals surface area contributed by atoms with Crippen LogP contribution >= 0.6 is 0 Å². The molecule has 0 amide bonds. The third-order valence-electron chi connectivity index (χ3n) is 31.3. The van der Waals surface area contributed by atoms with Crippen LogP contribution in [0.5, 0.6) is 0 Å². The van der Waals surface area contributed by atoms with E-state index in [2.05, 4.69) is 433 Å². The normalized spacial score (nSPS) is 12.4. The second-order valence-corrected chi connectivity index (χ2v) is 39.2. The Labute approximate surface area is 834 Å². The highest BCUT2D eigenvalue weighted by molar-refractivity contribution is 6.31. The zero-order valence-corrected chi connectivity index (χ0v) is 78.9. The molecule has 0 aliphatic heterocycles. The molecule has 0 aliphatic carbocycles. The average Bonchev–Trinajstić information content (AvgIpc) is 1.53. The molecule has 35 aromatic rings. The van der Waals surface area contributed by atoms with Crippen LogP contribution in [0.2, 0.25) is 0 Å². The predicted molar refractivity (Wildman–Crippen MR) is 609 cm³/mol. The topological polar surface area (TPSA) is 123 Å². The van der Waals surface area contributed by atoms with Crippen LogP contribution in [0.1, 0.15) is 0 Å². The fourth-order valence-electron chi connectivity index (χ4n) is 24.8. The van der Waals surface area contributed by atoms with Crippen molar-refractivity contribution in [3.8, 4) is 61.6 Å². The monoisotopic (exact) mass is 1870 g/mol. The maximum Gasteiger partial charge on any atom is 0.165 e. The smallest absolute Gasteiger partial charge is 0.165 e. The number of fused-ring (bicyclic) bond motifs is 36. The van der Waals surface area contributed by atoms with Gasteiger partial charge in [0.1, 0.15) is 27.7 Å². The number of aromatic nitrogens is 13.